The maximum Gasteiger partial charge on any atom is 0.369 e. The van der Waals surface area contributed by atoms with Gasteiger partial charge in [-0.1, -0.05) is 48.5 Å². The van der Waals surface area contributed by atoms with Gasteiger partial charge in [0.1, 0.15) is 0 Å². The largest absolute Gasteiger partial charge is 0.369 e. The Kier molecular flexibility index (Phi) is 3.21. The maximum atomic E-state index is 12.2. The van der Waals surface area contributed by atoms with Gasteiger partial charge in [-0.05, 0) is 19.1 Å². The molecule has 0 saturated heterocycles. The third-order valence-corrected chi connectivity index (χ3v) is 3.20. The van der Waals surface area contributed by atoms with Crippen molar-refractivity contribution in [3.05, 3.63) is 71.1 Å². The molecule has 0 fully saturated rings. The highest BCUT2D eigenvalue weighted by atomic mass is 16.2. The SMILES string of the molecule is CCn1c(-c2ccccc2)nc(=O)n1-c1ccccc1. The minimum atomic E-state index is -0.253. The summed E-state index contributed by atoms with van der Waals surface area (Å²) < 4.78 is 3.51. The van der Waals surface area contributed by atoms with Gasteiger partial charge in [-0.2, -0.15) is 9.67 Å². The highest BCUT2D eigenvalue weighted by molar-refractivity contribution is 5.55. The van der Waals surface area contributed by atoms with Gasteiger partial charge in [0.25, 0.3) is 0 Å². The van der Waals surface area contributed by atoms with E-state index < -0.39 is 0 Å². The molecule has 2 aromatic carbocycles. The average Bonchev–Trinajstić information content (AvgIpc) is 2.85. The van der Waals surface area contributed by atoms with E-state index in [1.165, 1.54) is 0 Å². The van der Waals surface area contributed by atoms with Crippen molar-refractivity contribution in [1.29, 1.82) is 0 Å². The maximum absolute atomic E-state index is 12.2. The van der Waals surface area contributed by atoms with Gasteiger partial charge < -0.3 is 0 Å². The molecule has 0 bridgehead atoms. The van der Waals surface area contributed by atoms with Crippen LogP contribution in [0.3, 0.4) is 0 Å². The van der Waals surface area contributed by atoms with Gasteiger partial charge in [-0.15, -0.1) is 0 Å². The molecule has 4 heteroatoms. The van der Waals surface area contributed by atoms with Crippen LogP contribution in [0.25, 0.3) is 17.1 Å². The van der Waals surface area contributed by atoms with Gasteiger partial charge in [0, 0.05) is 12.1 Å². The van der Waals surface area contributed by atoms with E-state index in [2.05, 4.69) is 4.98 Å². The number of rotatable bonds is 3. The Morgan fingerprint density at radius 3 is 2.15 bits per heavy atom. The molecular weight excluding hydrogens is 250 g/mol. The van der Waals surface area contributed by atoms with Crippen molar-refractivity contribution in [2.45, 2.75) is 13.5 Å². The number of aromatic nitrogens is 3. The van der Waals surface area contributed by atoms with E-state index in [0.717, 1.165) is 11.3 Å². The third-order valence-electron chi connectivity index (χ3n) is 3.20. The van der Waals surface area contributed by atoms with E-state index in [4.69, 9.17) is 0 Å². The number of hydrogen-bond donors (Lipinski definition) is 0. The number of hydrogen-bond acceptors (Lipinski definition) is 2. The van der Waals surface area contributed by atoms with Crippen molar-refractivity contribution in [3.8, 4) is 17.1 Å². The second-order valence-corrected chi connectivity index (χ2v) is 4.45. The molecule has 1 heterocycles. The van der Waals surface area contributed by atoms with Crippen LogP contribution >= 0.6 is 0 Å². The Bertz CT molecular complexity index is 757. The molecule has 4 nitrogen and oxygen atoms in total. The Morgan fingerprint density at radius 2 is 1.55 bits per heavy atom. The van der Waals surface area contributed by atoms with Crippen molar-refractivity contribution >= 4 is 0 Å². The van der Waals surface area contributed by atoms with Crippen LogP contribution in [0.5, 0.6) is 0 Å². The van der Waals surface area contributed by atoms with E-state index in [1.807, 2.05) is 72.3 Å². The first-order valence-corrected chi connectivity index (χ1v) is 6.62. The topological polar surface area (TPSA) is 39.8 Å². The van der Waals surface area contributed by atoms with E-state index >= 15 is 0 Å². The van der Waals surface area contributed by atoms with Crippen molar-refractivity contribution in [2.75, 3.05) is 0 Å². The molecule has 0 aliphatic carbocycles. The standard InChI is InChI=1S/C16H15N3O/c1-2-18-15(13-9-5-3-6-10-13)17-16(20)19(18)14-11-7-4-8-12-14/h3-12H,2H2,1H3. The summed E-state index contributed by atoms with van der Waals surface area (Å²) in [5.41, 5.74) is 1.52. The summed E-state index contributed by atoms with van der Waals surface area (Å²) in [7, 11) is 0. The van der Waals surface area contributed by atoms with Crippen LogP contribution in [0.15, 0.2) is 65.5 Å². The zero-order chi connectivity index (χ0) is 13.9. The third kappa shape index (κ3) is 2.05. The van der Waals surface area contributed by atoms with E-state index in [9.17, 15) is 4.79 Å². The normalized spacial score (nSPS) is 10.7. The fourth-order valence-corrected chi connectivity index (χ4v) is 2.30. The minimum absolute atomic E-state index is 0.253. The molecule has 100 valence electrons. The Balaban J connectivity index is 2.23. The van der Waals surface area contributed by atoms with E-state index in [-0.39, 0.29) is 5.69 Å². The summed E-state index contributed by atoms with van der Waals surface area (Å²) >= 11 is 0. The van der Waals surface area contributed by atoms with Crippen LogP contribution in [0.1, 0.15) is 6.92 Å². The van der Waals surface area contributed by atoms with E-state index in [0.29, 0.717) is 12.4 Å². The molecule has 3 rings (SSSR count). The molecular formula is C16H15N3O. The highest BCUT2D eigenvalue weighted by Crippen LogP contribution is 2.17. The number of benzene rings is 2. The van der Waals surface area contributed by atoms with Crippen LogP contribution in [0.4, 0.5) is 0 Å². The monoisotopic (exact) mass is 265 g/mol. The van der Waals surface area contributed by atoms with Crippen LogP contribution in [0, 0.1) is 0 Å². The molecule has 3 aromatic rings. The highest BCUT2D eigenvalue weighted by Gasteiger charge is 2.14. The lowest BCUT2D eigenvalue weighted by atomic mass is 10.2. The quantitative estimate of drug-likeness (QED) is 0.730. The first-order chi connectivity index (χ1) is 9.81. The van der Waals surface area contributed by atoms with Crippen molar-refractivity contribution < 1.29 is 0 Å². The fraction of sp³-hybridized carbons (Fsp3) is 0.125. The predicted molar refractivity (Wildman–Crippen MR) is 78.9 cm³/mol. The lowest BCUT2D eigenvalue weighted by Crippen LogP contribution is -2.21. The molecule has 0 amide bonds. The van der Waals surface area contributed by atoms with Crippen molar-refractivity contribution in [1.82, 2.24) is 14.3 Å². The molecule has 0 atom stereocenters. The predicted octanol–water partition coefficient (Wildman–Crippen LogP) is 2.72. The summed E-state index contributed by atoms with van der Waals surface area (Å²) in [5, 5.41) is 0. The van der Waals surface area contributed by atoms with Crippen LogP contribution in [-0.2, 0) is 6.54 Å². The average molecular weight is 265 g/mol. The van der Waals surface area contributed by atoms with Crippen LogP contribution in [0.2, 0.25) is 0 Å². The molecule has 0 N–H and O–H groups in total. The summed E-state index contributed by atoms with van der Waals surface area (Å²) in [5.74, 6) is 0.696. The molecule has 0 spiro atoms. The Morgan fingerprint density at radius 1 is 0.950 bits per heavy atom. The molecule has 0 saturated carbocycles. The lowest BCUT2D eigenvalue weighted by molar-refractivity contribution is 0.580. The molecule has 0 aliphatic rings. The van der Waals surface area contributed by atoms with Gasteiger partial charge in [-0.3, -0.25) is 4.68 Å². The lowest BCUT2D eigenvalue weighted by Gasteiger charge is -2.11. The Hall–Kier alpha value is -2.62. The Labute approximate surface area is 116 Å². The second-order valence-electron chi connectivity index (χ2n) is 4.45. The smallest absolute Gasteiger partial charge is 0.259 e. The van der Waals surface area contributed by atoms with Gasteiger partial charge in [0.15, 0.2) is 5.82 Å². The van der Waals surface area contributed by atoms with Gasteiger partial charge >= 0.3 is 5.69 Å². The van der Waals surface area contributed by atoms with E-state index in [1.54, 1.807) is 4.68 Å². The minimum Gasteiger partial charge on any atom is -0.259 e. The van der Waals surface area contributed by atoms with Crippen LogP contribution in [-0.4, -0.2) is 14.3 Å². The zero-order valence-corrected chi connectivity index (χ0v) is 11.2. The molecule has 0 unspecified atom stereocenters. The van der Waals surface area contributed by atoms with Gasteiger partial charge in [0.2, 0.25) is 0 Å². The fourth-order valence-electron chi connectivity index (χ4n) is 2.30. The summed E-state index contributed by atoms with van der Waals surface area (Å²) in [6.45, 7) is 2.68. The van der Waals surface area contributed by atoms with Crippen molar-refractivity contribution in [3.63, 3.8) is 0 Å². The number of nitrogens with zero attached hydrogens (tertiary/aromatic N) is 3. The van der Waals surface area contributed by atoms with Crippen LogP contribution < -0.4 is 5.69 Å². The number of para-hydroxylation sites is 1. The zero-order valence-electron chi connectivity index (χ0n) is 11.2. The molecule has 1 aromatic heterocycles. The molecule has 0 radical (unpaired) electrons. The van der Waals surface area contributed by atoms with Gasteiger partial charge in [-0.25, -0.2) is 4.79 Å². The second kappa shape index (κ2) is 5.17. The molecule has 20 heavy (non-hydrogen) atoms. The first-order valence-electron chi connectivity index (χ1n) is 6.62. The summed E-state index contributed by atoms with van der Waals surface area (Å²) in [4.78, 5) is 16.4. The first kappa shape index (κ1) is 12.4. The van der Waals surface area contributed by atoms with Gasteiger partial charge in [0.05, 0.1) is 5.69 Å². The summed E-state index contributed by atoms with van der Waals surface area (Å²) in [6, 6.07) is 19.3. The summed E-state index contributed by atoms with van der Waals surface area (Å²) in [6.07, 6.45) is 0. The van der Waals surface area contributed by atoms with Crippen molar-refractivity contribution in [2.24, 2.45) is 0 Å². The molecule has 0 aliphatic heterocycles.